The van der Waals surface area contributed by atoms with E-state index in [1.807, 2.05) is 12.2 Å². The van der Waals surface area contributed by atoms with Crippen molar-refractivity contribution < 1.29 is 15.0 Å². The number of carboxylic acids is 1. The molecule has 0 spiro atoms. The summed E-state index contributed by atoms with van der Waals surface area (Å²) in [6, 6.07) is 0. The van der Waals surface area contributed by atoms with Crippen LogP contribution in [-0.2, 0) is 4.79 Å². The predicted octanol–water partition coefficient (Wildman–Crippen LogP) is 7.37. The molecule has 0 radical (unpaired) electrons. The molecule has 0 rings (SSSR count). The van der Waals surface area contributed by atoms with Gasteiger partial charge in [-0.1, -0.05) is 93.4 Å². The maximum absolute atomic E-state index is 10.2. The Morgan fingerprint density at radius 2 is 1.29 bits per heavy atom. The molecular formula is C31H44O3. The smallest absolute Gasteiger partial charge is 0.382 e. The normalized spacial score (nSPS) is 11.8. The van der Waals surface area contributed by atoms with Crippen LogP contribution in [0.25, 0.3) is 0 Å². The fourth-order valence-corrected chi connectivity index (χ4v) is 3.36. The van der Waals surface area contributed by atoms with Gasteiger partial charge in [0.15, 0.2) is 0 Å². The molecule has 1 atom stereocenters. The van der Waals surface area contributed by atoms with Gasteiger partial charge < -0.3 is 10.2 Å². The van der Waals surface area contributed by atoms with Crippen LogP contribution >= 0.6 is 0 Å². The van der Waals surface area contributed by atoms with Gasteiger partial charge in [0.1, 0.15) is 6.10 Å². The fraction of sp³-hybridized carbons (Fsp3) is 0.581. The molecule has 0 amide bonds. The third-order valence-corrected chi connectivity index (χ3v) is 5.30. The molecule has 0 aliphatic carbocycles. The molecule has 0 aliphatic heterocycles. The van der Waals surface area contributed by atoms with E-state index in [0.717, 1.165) is 57.8 Å². The second-order valence-corrected chi connectivity index (χ2v) is 8.40. The second kappa shape index (κ2) is 26.6. The molecule has 0 fully saturated rings. The van der Waals surface area contributed by atoms with Gasteiger partial charge >= 0.3 is 5.97 Å². The summed E-state index contributed by atoms with van der Waals surface area (Å²) in [5, 5.41) is 17.6. The summed E-state index contributed by atoms with van der Waals surface area (Å²) in [7, 11) is 0. The Hall–Kier alpha value is -2.67. The van der Waals surface area contributed by atoms with E-state index < -0.39 is 12.1 Å². The second-order valence-electron chi connectivity index (χ2n) is 8.40. The van der Waals surface area contributed by atoms with Crippen molar-refractivity contribution in [1.82, 2.24) is 0 Å². The third kappa shape index (κ3) is 27.4. The average molecular weight is 465 g/mol. The van der Waals surface area contributed by atoms with E-state index in [4.69, 9.17) is 11.5 Å². The summed E-state index contributed by atoms with van der Waals surface area (Å²) in [6.07, 6.45) is 35.9. The van der Waals surface area contributed by atoms with Crippen molar-refractivity contribution in [3.05, 3.63) is 36.5 Å². The van der Waals surface area contributed by atoms with Crippen LogP contribution in [0.4, 0.5) is 0 Å². The molecule has 1 unspecified atom stereocenters. The quantitative estimate of drug-likeness (QED) is 0.119. The highest BCUT2D eigenvalue weighted by atomic mass is 16.4. The maximum atomic E-state index is 10.2. The summed E-state index contributed by atoms with van der Waals surface area (Å²) in [5.74, 6) is 12.2. The number of aliphatic hydroxyl groups is 1. The van der Waals surface area contributed by atoms with Crippen LogP contribution in [0, 0.1) is 36.0 Å². The Morgan fingerprint density at radius 3 is 1.91 bits per heavy atom. The lowest BCUT2D eigenvalue weighted by Crippen LogP contribution is -1.95. The van der Waals surface area contributed by atoms with E-state index in [1.165, 1.54) is 51.4 Å². The molecule has 0 aliphatic rings. The van der Waals surface area contributed by atoms with Crippen LogP contribution in [0.2, 0.25) is 0 Å². The van der Waals surface area contributed by atoms with Gasteiger partial charge in [-0.2, -0.15) is 0 Å². The van der Waals surface area contributed by atoms with Gasteiger partial charge in [-0.15, -0.1) is 12.3 Å². The van der Waals surface area contributed by atoms with E-state index in [0.29, 0.717) is 0 Å². The van der Waals surface area contributed by atoms with Crippen LogP contribution in [0.5, 0.6) is 0 Å². The summed E-state index contributed by atoms with van der Waals surface area (Å²) in [5.41, 5.74) is 0. The number of hydrogen-bond donors (Lipinski definition) is 2. The van der Waals surface area contributed by atoms with Crippen LogP contribution in [-0.4, -0.2) is 22.3 Å². The largest absolute Gasteiger partial charge is 0.472 e. The molecule has 186 valence electrons. The van der Waals surface area contributed by atoms with E-state index in [-0.39, 0.29) is 0 Å². The van der Waals surface area contributed by atoms with Crippen LogP contribution in [0.3, 0.4) is 0 Å². The number of aliphatic carboxylic acids is 1. The van der Waals surface area contributed by atoms with Crippen LogP contribution < -0.4 is 0 Å². The number of allylic oxidation sites excluding steroid dienone is 5. The third-order valence-electron chi connectivity index (χ3n) is 5.30. The minimum absolute atomic E-state index is 0.748. The number of unbranched alkanes of at least 4 members (excludes halogenated alkanes) is 14. The standard InChI is InChI=1S/C31H44O3/c1-2-30(32)28-26-24-22-20-18-16-14-12-10-8-6-4-3-5-7-9-11-13-15-17-19-21-23-25-27-29-31(33)34/h1,6,8,23,25-26,28,30,32H,3-5,7,9-11,13,15-22,24H2,(H,33,34)/b8-6?,25-23?,28-26+. The van der Waals surface area contributed by atoms with Gasteiger partial charge in [-0.25, -0.2) is 4.79 Å². The molecule has 0 saturated carbocycles. The molecule has 0 bridgehead atoms. The van der Waals surface area contributed by atoms with Crippen molar-refractivity contribution in [2.75, 3.05) is 0 Å². The van der Waals surface area contributed by atoms with Crippen molar-refractivity contribution in [2.45, 2.75) is 115 Å². The van der Waals surface area contributed by atoms with E-state index in [9.17, 15) is 9.90 Å². The number of aliphatic hydroxyl groups excluding tert-OH is 1. The highest BCUT2D eigenvalue weighted by Crippen LogP contribution is 2.11. The Balaban J connectivity index is 3.32. The van der Waals surface area contributed by atoms with E-state index >= 15 is 0 Å². The lowest BCUT2D eigenvalue weighted by atomic mass is 10.1. The first-order valence-electron chi connectivity index (χ1n) is 13.0. The van der Waals surface area contributed by atoms with E-state index in [1.54, 1.807) is 12.2 Å². The van der Waals surface area contributed by atoms with Gasteiger partial charge in [0, 0.05) is 18.8 Å². The fourth-order valence-electron chi connectivity index (χ4n) is 3.36. The van der Waals surface area contributed by atoms with Gasteiger partial charge in [0.05, 0.1) is 0 Å². The van der Waals surface area contributed by atoms with Gasteiger partial charge in [-0.05, 0) is 57.1 Å². The van der Waals surface area contributed by atoms with Crippen molar-refractivity contribution in [3.8, 4) is 36.0 Å². The molecule has 0 aromatic carbocycles. The summed E-state index contributed by atoms with van der Waals surface area (Å²) in [4.78, 5) is 10.2. The molecule has 34 heavy (non-hydrogen) atoms. The molecule has 0 aromatic heterocycles. The summed E-state index contributed by atoms with van der Waals surface area (Å²) >= 11 is 0. The van der Waals surface area contributed by atoms with Crippen molar-refractivity contribution >= 4 is 5.97 Å². The van der Waals surface area contributed by atoms with Crippen LogP contribution in [0.15, 0.2) is 36.5 Å². The zero-order valence-corrected chi connectivity index (χ0v) is 20.9. The number of rotatable bonds is 19. The minimum atomic E-state index is -1.08. The number of hydrogen-bond acceptors (Lipinski definition) is 2. The molecule has 3 heteroatoms. The molecule has 0 heterocycles. The predicted molar refractivity (Wildman–Crippen MR) is 144 cm³/mol. The zero-order valence-electron chi connectivity index (χ0n) is 20.9. The highest BCUT2D eigenvalue weighted by molar-refractivity contribution is 5.86. The first-order valence-corrected chi connectivity index (χ1v) is 13.0. The van der Waals surface area contributed by atoms with Crippen molar-refractivity contribution in [1.29, 1.82) is 0 Å². The van der Waals surface area contributed by atoms with Crippen molar-refractivity contribution in [2.24, 2.45) is 0 Å². The molecule has 0 aromatic rings. The minimum Gasteiger partial charge on any atom is -0.472 e. The molecule has 0 saturated heterocycles. The molecular weight excluding hydrogens is 420 g/mol. The maximum Gasteiger partial charge on any atom is 0.382 e. The lowest BCUT2D eigenvalue weighted by molar-refractivity contribution is -0.130. The highest BCUT2D eigenvalue weighted by Gasteiger charge is 1.92. The number of carboxylic acid groups (broad SMARTS) is 1. The SMILES string of the molecule is C#CC(O)/C=C/CCCCCC#CCC=CCCCCCCCCCCCC=CC#CC(=O)O. The Kier molecular flexibility index (Phi) is 24.5. The zero-order chi connectivity index (χ0) is 25.0. The number of carbonyl (C=O) groups is 1. The Bertz CT molecular complexity index is 744. The Labute approximate surface area is 208 Å². The Morgan fingerprint density at radius 1 is 0.735 bits per heavy atom. The first-order chi connectivity index (χ1) is 16.7. The molecule has 2 N–H and O–H groups in total. The summed E-state index contributed by atoms with van der Waals surface area (Å²) < 4.78 is 0. The molecule has 3 nitrogen and oxygen atoms in total. The van der Waals surface area contributed by atoms with Crippen molar-refractivity contribution in [3.63, 3.8) is 0 Å². The van der Waals surface area contributed by atoms with Gasteiger partial charge in [-0.3, -0.25) is 0 Å². The first kappa shape index (κ1) is 31.3. The van der Waals surface area contributed by atoms with Gasteiger partial charge in [0.25, 0.3) is 0 Å². The topological polar surface area (TPSA) is 57.5 Å². The van der Waals surface area contributed by atoms with E-state index in [2.05, 4.69) is 41.8 Å². The monoisotopic (exact) mass is 464 g/mol. The summed E-state index contributed by atoms with van der Waals surface area (Å²) in [6.45, 7) is 0. The lowest BCUT2D eigenvalue weighted by Gasteiger charge is -2.01. The van der Waals surface area contributed by atoms with Crippen LogP contribution in [0.1, 0.15) is 109 Å². The number of terminal acetylenes is 1. The van der Waals surface area contributed by atoms with Gasteiger partial charge in [0.2, 0.25) is 0 Å². The average Bonchev–Trinajstić information content (AvgIpc) is 2.83.